The van der Waals surface area contributed by atoms with Crippen molar-refractivity contribution in [3.63, 3.8) is 0 Å². The summed E-state index contributed by atoms with van der Waals surface area (Å²) in [6.45, 7) is 2.70. The summed E-state index contributed by atoms with van der Waals surface area (Å²) in [4.78, 5) is 0. The van der Waals surface area contributed by atoms with Gasteiger partial charge in [0.15, 0.2) is 0 Å². The molecule has 3 aromatic rings. The van der Waals surface area contributed by atoms with Crippen LogP contribution in [0.15, 0.2) is 36.5 Å². The van der Waals surface area contributed by atoms with Gasteiger partial charge in [-0.3, -0.25) is 4.68 Å². The van der Waals surface area contributed by atoms with Crippen LogP contribution >= 0.6 is 0 Å². The van der Waals surface area contributed by atoms with Crippen LogP contribution in [0.3, 0.4) is 0 Å². The number of hydrogen-bond acceptors (Lipinski definition) is 3. The Hall–Kier alpha value is -2.07. The summed E-state index contributed by atoms with van der Waals surface area (Å²) in [5.74, 6) is 0.866. The number of rotatable bonds is 3. The molecule has 2 aromatic carbocycles. The van der Waals surface area contributed by atoms with Gasteiger partial charge < -0.3 is 10.5 Å². The van der Waals surface area contributed by atoms with Gasteiger partial charge in [-0.25, -0.2) is 0 Å². The first kappa shape index (κ1) is 12.0. The fourth-order valence-corrected chi connectivity index (χ4v) is 2.43. The number of nitrogens with zero attached hydrogens (tertiary/aromatic N) is 2. The van der Waals surface area contributed by atoms with Crippen LogP contribution in [0.2, 0.25) is 0 Å². The SMILES string of the molecule is COc1ccc2c(ccc3cnn(C[C@H](C)N)c32)c1. The third-order valence-corrected chi connectivity index (χ3v) is 3.28. The molecule has 0 saturated heterocycles. The van der Waals surface area contributed by atoms with Crippen molar-refractivity contribution in [2.75, 3.05) is 7.11 Å². The fraction of sp³-hybridized carbons (Fsp3) is 0.267. The summed E-state index contributed by atoms with van der Waals surface area (Å²) in [5.41, 5.74) is 7.02. The third kappa shape index (κ3) is 2.04. The molecule has 4 nitrogen and oxygen atoms in total. The van der Waals surface area contributed by atoms with Gasteiger partial charge in [-0.05, 0) is 30.5 Å². The van der Waals surface area contributed by atoms with Gasteiger partial charge in [0.25, 0.3) is 0 Å². The zero-order valence-corrected chi connectivity index (χ0v) is 11.1. The molecule has 0 aliphatic heterocycles. The van der Waals surface area contributed by atoms with Crippen molar-refractivity contribution in [3.8, 4) is 5.75 Å². The number of ether oxygens (including phenoxy) is 1. The molecule has 2 N–H and O–H groups in total. The molecule has 1 atom stereocenters. The Morgan fingerprint density at radius 1 is 1.26 bits per heavy atom. The van der Waals surface area contributed by atoms with E-state index >= 15 is 0 Å². The van der Waals surface area contributed by atoms with Crippen LogP contribution in [0.25, 0.3) is 21.7 Å². The first-order chi connectivity index (χ1) is 9.19. The van der Waals surface area contributed by atoms with Crippen LogP contribution in [0.4, 0.5) is 0 Å². The minimum atomic E-state index is 0.0802. The highest BCUT2D eigenvalue weighted by atomic mass is 16.5. The maximum Gasteiger partial charge on any atom is 0.119 e. The number of benzene rings is 2. The molecule has 0 spiro atoms. The van der Waals surface area contributed by atoms with Crippen molar-refractivity contribution in [2.24, 2.45) is 5.73 Å². The smallest absolute Gasteiger partial charge is 0.119 e. The van der Waals surface area contributed by atoms with Crippen LogP contribution in [-0.2, 0) is 6.54 Å². The average molecular weight is 255 g/mol. The molecular formula is C15H17N3O. The first-order valence-electron chi connectivity index (χ1n) is 6.37. The van der Waals surface area contributed by atoms with Gasteiger partial charge in [0.2, 0.25) is 0 Å². The second kappa shape index (κ2) is 4.55. The van der Waals surface area contributed by atoms with E-state index in [9.17, 15) is 0 Å². The molecular weight excluding hydrogens is 238 g/mol. The Labute approximate surface area is 111 Å². The number of nitrogens with two attached hydrogens (primary N) is 1. The van der Waals surface area contributed by atoms with E-state index < -0.39 is 0 Å². The summed E-state index contributed by atoms with van der Waals surface area (Å²) in [5, 5.41) is 7.90. The molecule has 4 heteroatoms. The largest absolute Gasteiger partial charge is 0.497 e. The van der Waals surface area contributed by atoms with E-state index in [1.54, 1.807) is 7.11 Å². The quantitative estimate of drug-likeness (QED) is 0.782. The lowest BCUT2D eigenvalue weighted by Crippen LogP contribution is -2.22. The molecule has 0 fully saturated rings. The molecule has 0 unspecified atom stereocenters. The van der Waals surface area contributed by atoms with E-state index in [0.29, 0.717) is 6.54 Å². The van der Waals surface area contributed by atoms with E-state index in [1.165, 1.54) is 5.39 Å². The van der Waals surface area contributed by atoms with Gasteiger partial charge in [-0.1, -0.05) is 12.1 Å². The van der Waals surface area contributed by atoms with Crippen molar-refractivity contribution in [1.29, 1.82) is 0 Å². The average Bonchev–Trinajstić information content (AvgIpc) is 2.80. The van der Waals surface area contributed by atoms with Crippen molar-refractivity contribution in [3.05, 3.63) is 36.5 Å². The zero-order chi connectivity index (χ0) is 13.4. The van der Waals surface area contributed by atoms with E-state index in [2.05, 4.69) is 23.3 Å². The maximum absolute atomic E-state index is 5.88. The second-order valence-corrected chi connectivity index (χ2v) is 4.89. The molecule has 98 valence electrons. The summed E-state index contributed by atoms with van der Waals surface area (Å²) < 4.78 is 7.25. The molecule has 0 aliphatic rings. The Morgan fingerprint density at radius 2 is 2.05 bits per heavy atom. The summed E-state index contributed by atoms with van der Waals surface area (Å²) >= 11 is 0. The summed E-state index contributed by atoms with van der Waals surface area (Å²) in [6.07, 6.45) is 1.89. The molecule has 0 saturated carbocycles. The molecule has 1 heterocycles. The monoisotopic (exact) mass is 255 g/mol. The Bertz CT molecular complexity index is 731. The van der Waals surface area contributed by atoms with E-state index in [-0.39, 0.29) is 6.04 Å². The number of methoxy groups -OCH3 is 1. The standard InChI is InChI=1S/C15H17N3O/c1-10(16)9-18-15-12(8-17-18)4-3-11-7-13(19-2)5-6-14(11)15/h3-8,10H,9,16H2,1-2H3/t10-/m0/s1. The van der Waals surface area contributed by atoms with E-state index in [4.69, 9.17) is 10.5 Å². The highest BCUT2D eigenvalue weighted by Crippen LogP contribution is 2.28. The van der Waals surface area contributed by atoms with E-state index in [0.717, 1.165) is 22.0 Å². The van der Waals surface area contributed by atoms with Crippen molar-refractivity contribution in [2.45, 2.75) is 19.5 Å². The molecule has 1 aromatic heterocycles. The van der Waals surface area contributed by atoms with Crippen LogP contribution < -0.4 is 10.5 Å². The lowest BCUT2D eigenvalue weighted by atomic mass is 10.1. The maximum atomic E-state index is 5.88. The molecule has 0 radical (unpaired) electrons. The van der Waals surface area contributed by atoms with Gasteiger partial charge in [-0.15, -0.1) is 0 Å². The lowest BCUT2D eigenvalue weighted by Gasteiger charge is -2.09. The highest BCUT2D eigenvalue weighted by Gasteiger charge is 2.09. The minimum absolute atomic E-state index is 0.0802. The summed E-state index contributed by atoms with van der Waals surface area (Å²) in [7, 11) is 1.68. The molecule has 0 bridgehead atoms. The summed E-state index contributed by atoms with van der Waals surface area (Å²) in [6, 6.07) is 10.4. The first-order valence-corrected chi connectivity index (χ1v) is 6.37. The van der Waals surface area contributed by atoms with Crippen molar-refractivity contribution < 1.29 is 4.74 Å². The fourth-order valence-electron chi connectivity index (χ4n) is 2.43. The van der Waals surface area contributed by atoms with Crippen LogP contribution in [0, 0.1) is 0 Å². The van der Waals surface area contributed by atoms with Crippen LogP contribution in [-0.4, -0.2) is 22.9 Å². The third-order valence-electron chi connectivity index (χ3n) is 3.28. The Morgan fingerprint density at radius 3 is 2.79 bits per heavy atom. The molecule has 3 rings (SSSR count). The van der Waals surface area contributed by atoms with Gasteiger partial charge in [0, 0.05) is 16.8 Å². The highest BCUT2D eigenvalue weighted by molar-refractivity contribution is 6.05. The Kier molecular flexibility index (Phi) is 2.87. The molecule has 19 heavy (non-hydrogen) atoms. The van der Waals surface area contributed by atoms with E-state index in [1.807, 2.05) is 29.9 Å². The van der Waals surface area contributed by atoms with Gasteiger partial charge in [0.1, 0.15) is 5.75 Å². The normalized spacial score (nSPS) is 13.0. The van der Waals surface area contributed by atoms with Gasteiger partial charge in [-0.2, -0.15) is 5.10 Å². The number of aromatic nitrogens is 2. The lowest BCUT2D eigenvalue weighted by molar-refractivity contribution is 0.415. The predicted molar refractivity (Wildman–Crippen MR) is 77.4 cm³/mol. The van der Waals surface area contributed by atoms with Crippen molar-refractivity contribution in [1.82, 2.24) is 9.78 Å². The molecule has 0 amide bonds. The van der Waals surface area contributed by atoms with Crippen LogP contribution in [0.5, 0.6) is 5.75 Å². The number of hydrogen-bond donors (Lipinski definition) is 1. The molecule has 0 aliphatic carbocycles. The van der Waals surface area contributed by atoms with Gasteiger partial charge in [0.05, 0.1) is 25.4 Å². The predicted octanol–water partition coefficient (Wildman–Crippen LogP) is 2.55. The Balaban J connectivity index is 2.28. The topological polar surface area (TPSA) is 53.1 Å². The zero-order valence-electron chi connectivity index (χ0n) is 11.1. The van der Waals surface area contributed by atoms with Gasteiger partial charge >= 0.3 is 0 Å². The van der Waals surface area contributed by atoms with Crippen LogP contribution in [0.1, 0.15) is 6.92 Å². The van der Waals surface area contributed by atoms with Crippen molar-refractivity contribution >= 4 is 21.7 Å². The second-order valence-electron chi connectivity index (χ2n) is 4.89. The minimum Gasteiger partial charge on any atom is -0.497 e. The number of fused-ring (bicyclic) bond motifs is 3.